The molecule has 94 valence electrons. The molecule has 0 aromatic carbocycles. The van der Waals surface area contributed by atoms with E-state index in [0.717, 1.165) is 45.0 Å². The number of piperazine rings is 1. The van der Waals surface area contributed by atoms with Crippen LogP contribution in [-0.4, -0.2) is 48.6 Å². The van der Waals surface area contributed by atoms with Gasteiger partial charge in [-0.15, -0.1) is 0 Å². The Bertz CT molecular complexity index is 317. The molecule has 1 unspecified atom stereocenters. The van der Waals surface area contributed by atoms with Gasteiger partial charge in [0, 0.05) is 38.4 Å². The minimum Gasteiger partial charge on any atom is -0.354 e. The van der Waals surface area contributed by atoms with Gasteiger partial charge in [0.05, 0.1) is 0 Å². The van der Waals surface area contributed by atoms with Crippen molar-refractivity contribution >= 4 is 5.82 Å². The van der Waals surface area contributed by atoms with Crippen LogP contribution in [0.15, 0.2) is 24.4 Å². The van der Waals surface area contributed by atoms with Crippen LogP contribution >= 0.6 is 0 Å². The second-order valence-electron chi connectivity index (χ2n) is 4.78. The van der Waals surface area contributed by atoms with Crippen molar-refractivity contribution in [2.45, 2.75) is 19.4 Å². The molecule has 1 aliphatic rings. The molecule has 0 amide bonds. The Morgan fingerprint density at radius 2 is 2.06 bits per heavy atom. The van der Waals surface area contributed by atoms with Gasteiger partial charge in [0.25, 0.3) is 0 Å². The van der Waals surface area contributed by atoms with Crippen LogP contribution in [0, 0.1) is 0 Å². The number of aromatic nitrogens is 1. The summed E-state index contributed by atoms with van der Waals surface area (Å²) in [6.45, 7) is 7.55. The Kier molecular flexibility index (Phi) is 4.34. The van der Waals surface area contributed by atoms with Gasteiger partial charge in [0.1, 0.15) is 5.82 Å². The summed E-state index contributed by atoms with van der Waals surface area (Å²) in [5.41, 5.74) is 5.78. The maximum Gasteiger partial charge on any atom is 0.128 e. The van der Waals surface area contributed by atoms with E-state index in [1.54, 1.807) is 0 Å². The molecule has 2 rings (SSSR count). The Balaban J connectivity index is 1.78. The second kappa shape index (κ2) is 5.98. The molecule has 0 bridgehead atoms. The highest BCUT2D eigenvalue weighted by Gasteiger charge is 2.17. The fourth-order valence-electron chi connectivity index (χ4n) is 2.13. The Morgan fingerprint density at radius 3 is 2.65 bits per heavy atom. The standard InChI is InChI=1S/C13H22N4/c1-12(14)5-7-16-8-10-17(11-9-16)13-4-2-3-6-15-13/h2-4,6,12H,5,7-11,14H2,1H3. The number of nitrogens with zero attached hydrogens (tertiary/aromatic N) is 3. The number of hydrogen-bond donors (Lipinski definition) is 1. The number of hydrogen-bond acceptors (Lipinski definition) is 4. The molecule has 4 nitrogen and oxygen atoms in total. The van der Waals surface area contributed by atoms with Crippen LogP contribution in [0.2, 0.25) is 0 Å². The first-order valence-corrected chi connectivity index (χ1v) is 6.39. The molecular weight excluding hydrogens is 212 g/mol. The van der Waals surface area contributed by atoms with E-state index in [1.807, 2.05) is 18.3 Å². The molecule has 1 aromatic rings. The summed E-state index contributed by atoms with van der Waals surface area (Å²) >= 11 is 0. The van der Waals surface area contributed by atoms with Gasteiger partial charge in [-0.3, -0.25) is 4.90 Å². The maximum atomic E-state index is 5.78. The van der Waals surface area contributed by atoms with Gasteiger partial charge in [-0.05, 0) is 32.0 Å². The molecule has 0 radical (unpaired) electrons. The van der Waals surface area contributed by atoms with Crippen LogP contribution in [0.4, 0.5) is 5.82 Å². The average Bonchev–Trinajstić information content (AvgIpc) is 2.38. The summed E-state index contributed by atoms with van der Waals surface area (Å²) in [5, 5.41) is 0. The molecular formula is C13H22N4. The highest BCUT2D eigenvalue weighted by molar-refractivity contribution is 5.38. The van der Waals surface area contributed by atoms with Gasteiger partial charge in [-0.1, -0.05) is 6.07 Å². The molecule has 4 heteroatoms. The van der Waals surface area contributed by atoms with Crippen molar-refractivity contribution in [1.29, 1.82) is 0 Å². The average molecular weight is 234 g/mol. The first-order valence-electron chi connectivity index (χ1n) is 6.39. The molecule has 0 aliphatic carbocycles. The number of pyridine rings is 1. The van der Waals surface area contributed by atoms with Crippen molar-refractivity contribution < 1.29 is 0 Å². The molecule has 2 heterocycles. The molecule has 1 aromatic heterocycles. The first-order chi connectivity index (χ1) is 8.25. The van der Waals surface area contributed by atoms with Crippen LogP contribution in [0.1, 0.15) is 13.3 Å². The summed E-state index contributed by atoms with van der Waals surface area (Å²) in [5.74, 6) is 1.10. The van der Waals surface area contributed by atoms with E-state index in [1.165, 1.54) is 0 Å². The lowest BCUT2D eigenvalue weighted by Crippen LogP contribution is -2.47. The Morgan fingerprint density at radius 1 is 1.29 bits per heavy atom. The van der Waals surface area contributed by atoms with Gasteiger partial charge < -0.3 is 10.6 Å². The minimum atomic E-state index is 0.309. The summed E-state index contributed by atoms with van der Waals surface area (Å²) in [6.07, 6.45) is 2.95. The van der Waals surface area contributed by atoms with Crippen LogP contribution < -0.4 is 10.6 Å². The summed E-state index contributed by atoms with van der Waals surface area (Å²) in [6, 6.07) is 6.40. The van der Waals surface area contributed by atoms with Crippen molar-refractivity contribution in [2.75, 3.05) is 37.6 Å². The largest absolute Gasteiger partial charge is 0.354 e. The molecule has 2 N–H and O–H groups in total. The minimum absolute atomic E-state index is 0.309. The fourth-order valence-corrected chi connectivity index (χ4v) is 2.13. The quantitative estimate of drug-likeness (QED) is 0.842. The van der Waals surface area contributed by atoms with E-state index in [0.29, 0.717) is 6.04 Å². The normalized spacial score (nSPS) is 19.3. The van der Waals surface area contributed by atoms with Crippen LogP contribution in [0.3, 0.4) is 0 Å². The van der Waals surface area contributed by atoms with E-state index < -0.39 is 0 Å². The topological polar surface area (TPSA) is 45.4 Å². The smallest absolute Gasteiger partial charge is 0.128 e. The molecule has 0 saturated carbocycles. The Labute approximate surface area is 103 Å². The van der Waals surface area contributed by atoms with Crippen LogP contribution in [0.25, 0.3) is 0 Å². The second-order valence-corrected chi connectivity index (χ2v) is 4.78. The summed E-state index contributed by atoms with van der Waals surface area (Å²) < 4.78 is 0. The van der Waals surface area contributed by atoms with Crippen molar-refractivity contribution in [1.82, 2.24) is 9.88 Å². The third kappa shape index (κ3) is 3.68. The van der Waals surface area contributed by atoms with Gasteiger partial charge in [0.2, 0.25) is 0 Å². The maximum absolute atomic E-state index is 5.78. The fraction of sp³-hybridized carbons (Fsp3) is 0.615. The molecule has 1 fully saturated rings. The van der Waals surface area contributed by atoms with Gasteiger partial charge in [-0.25, -0.2) is 4.98 Å². The zero-order valence-corrected chi connectivity index (χ0v) is 10.5. The van der Waals surface area contributed by atoms with Crippen molar-refractivity contribution in [3.05, 3.63) is 24.4 Å². The highest BCUT2D eigenvalue weighted by Crippen LogP contribution is 2.12. The van der Waals surface area contributed by atoms with Crippen molar-refractivity contribution in [3.63, 3.8) is 0 Å². The van der Waals surface area contributed by atoms with E-state index in [9.17, 15) is 0 Å². The van der Waals surface area contributed by atoms with Crippen molar-refractivity contribution in [3.8, 4) is 0 Å². The predicted molar refractivity (Wildman–Crippen MR) is 71.2 cm³/mol. The van der Waals surface area contributed by atoms with Gasteiger partial charge >= 0.3 is 0 Å². The molecule has 1 saturated heterocycles. The first kappa shape index (κ1) is 12.3. The lowest BCUT2D eigenvalue weighted by molar-refractivity contribution is 0.249. The van der Waals surface area contributed by atoms with Crippen LogP contribution in [-0.2, 0) is 0 Å². The predicted octanol–water partition coefficient (Wildman–Crippen LogP) is 0.941. The molecule has 17 heavy (non-hydrogen) atoms. The van der Waals surface area contributed by atoms with E-state index >= 15 is 0 Å². The lowest BCUT2D eigenvalue weighted by atomic mass is 10.2. The third-order valence-electron chi connectivity index (χ3n) is 3.25. The van der Waals surface area contributed by atoms with Crippen LogP contribution in [0.5, 0.6) is 0 Å². The SMILES string of the molecule is CC(N)CCN1CCN(c2ccccn2)CC1. The lowest BCUT2D eigenvalue weighted by Gasteiger charge is -2.35. The van der Waals surface area contributed by atoms with E-state index in [-0.39, 0.29) is 0 Å². The zero-order chi connectivity index (χ0) is 12.1. The number of nitrogens with two attached hydrogens (primary N) is 1. The molecule has 0 spiro atoms. The Hall–Kier alpha value is -1.13. The monoisotopic (exact) mass is 234 g/mol. The van der Waals surface area contributed by atoms with E-state index in [2.05, 4.69) is 27.8 Å². The highest BCUT2D eigenvalue weighted by atomic mass is 15.3. The third-order valence-corrected chi connectivity index (χ3v) is 3.25. The van der Waals surface area contributed by atoms with E-state index in [4.69, 9.17) is 5.73 Å². The molecule has 1 aliphatic heterocycles. The van der Waals surface area contributed by atoms with Crippen molar-refractivity contribution in [2.24, 2.45) is 5.73 Å². The number of rotatable bonds is 4. The number of anilines is 1. The zero-order valence-electron chi connectivity index (χ0n) is 10.5. The summed E-state index contributed by atoms with van der Waals surface area (Å²) in [4.78, 5) is 9.23. The summed E-state index contributed by atoms with van der Waals surface area (Å²) in [7, 11) is 0. The van der Waals surface area contributed by atoms with Gasteiger partial charge in [0.15, 0.2) is 0 Å². The van der Waals surface area contributed by atoms with Gasteiger partial charge in [-0.2, -0.15) is 0 Å². The molecule has 1 atom stereocenters.